The number of nitrogens with zero attached hydrogens (tertiary/aromatic N) is 2. The Balaban J connectivity index is 1.52. The van der Waals surface area contributed by atoms with E-state index in [4.69, 9.17) is 16.1 Å². The second-order valence-corrected chi connectivity index (χ2v) is 7.43. The number of amides is 1. The molecule has 1 aliphatic rings. The van der Waals surface area contributed by atoms with Crippen molar-refractivity contribution in [3.8, 4) is 0 Å². The molecule has 1 aromatic carbocycles. The fraction of sp³-hybridized carbons (Fsp3) is 0.235. The lowest BCUT2D eigenvalue weighted by Crippen LogP contribution is -2.12. The van der Waals surface area contributed by atoms with E-state index in [-0.39, 0.29) is 5.91 Å². The van der Waals surface area contributed by atoms with Crippen molar-refractivity contribution in [1.29, 1.82) is 0 Å². The zero-order chi connectivity index (χ0) is 16.5. The van der Waals surface area contributed by atoms with Crippen LogP contribution in [-0.2, 0) is 6.42 Å². The average Bonchev–Trinajstić information content (AvgIpc) is 3.17. The summed E-state index contributed by atoms with van der Waals surface area (Å²) in [6, 6.07) is 11.0. The summed E-state index contributed by atoms with van der Waals surface area (Å²) in [6.45, 7) is 0. The van der Waals surface area contributed by atoms with Gasteiger partial charge in [-0.25, -0.2) is 0 Å². The van der Waals surface area contributed by atoms with Crippen LogP contribution in [0.25, 0.3) is 0 Å². The van der Waals surface area contributed by atoms with Gasteiger partial charge in [0.2, 0.25) is 5.89 Å². The van der Waals surface area contributed by atoms with Gasteiger partial charge in [-0.05, 0) is 36.6 Å². The summed E-state index contributed by atoms with van der Waals surface area (Å²) >= 11 is 7.14. The van der Waals surface area contributed by atoms with Crippen LogP contribution in [0.4, 0.5) is 5.69 Å². The minimum absolute atomic E-state index is 0.177. The zero-order valence-electron chi connectivity index (χ0n) is 12.7. The summed E-state index contributed by atoms with van der Waals surface area (Å²) in [5.41, 5.74) is 1.66. The van der Waals surface area contributed by atoms with E-state index in [1.54, 1.807) is 12.1 Å². The first-order valence-electron chi connectivity index (χ1n) is 7.66. The molecule has 7 heteroatoms. The van der Waals surface area contributed by atoms with Gasteiger partial charge in [0.25, 0.3) is 5.91 Å². The van der Waals surface area contributed by atoms with Crippen LogP contribution in [0.2, 0.25) is 4.34 Å². The molecule has 1 N–H and O–H groups in total. The highest BCUT2D eigenvalue weighted by Gasteiger charge is 2.28. The largest absolute Gasteiger partial charge is 0.339 e. The third-order valence-electron chi connectivity index (χ3n) is 3.83. The summed E-state index contributed by atoms with van der Waals surface area (Å²) in [6.07, 6.45) is 2.76. The van der Waals surface area contributed by atoms with E-state index < -0.39 is 0 Å². The van der Waals surface area contributed by atoms with Gasteiger partial charge in [0.15, 0.2) is 5.82 Å². The lowest BCUT2D eigenvalue weighted by atomic mass is 10.1. The van der Waals surface area contributed by atoms with Gasteiger partial charge >= 0.3 is 0 Å². The molecule has 5 nitrogen and oxygen atoms in total. The Morgan fingerprint density at radius 1 is 1.29 bits per heavy atom. The van der Waals surface area contributed by atoms with Crippen molar-refractivity contribution in [1.82, 2.24) is 10.1 Å². The summed E-state index contributed by atoms with van der Waals surface area (Å²) in [5, 5.41) is 6.95. The molecule has 4 rings (SSSR count). The second kappa shape index (κ2) is 6.37. The Morgan fingerprint density at radius 3 is 2.88 bits per heavy atom. The fourth-order valence-electron chi connectivity index (χ4n) is 2.43. The van der Waals surface area contributed by atoms with Gasteiger partial charge in [-0.15, -0.1) is 11.3 Å². The number of thiophene rings is 1. The molecule has 0 radical (unpaired) electrons. The van der Waals surface area contributed by atoms with Gasteiger partial charge in [-0.2, -0.15) is 4.98 Å². The SMILES string of the molecule is O=C(Nc1ccccc1Cc1nc(C2CC2)no1)c1ccc(Cl)s1. The van der Waals surface area contributed by atoms with E-state index >= 15 is 0 Å². The van der Waals surface area contributed by atoms with E-state index in [0.717, 1.165) is 29.9 Å². The number of halogens is 1. The normalized spacial score (nSPS) is 13.9. The maximum atomic E-state index is 12.3. The fourth-order valence-corrected chi connectivity index (χ4v) is 3.37. The second-order valence-electron chi connectivity index (χ2n) is 5.71. The van der Waals surface area contributed by atoms with Crippen molar-refractivity contribution in [3.05, 3.63) is 62.9 Å². The summed E-state index contributed by atoms with van der Waals surface area (Å²) in [7, 11) is 0. The Labute approximate surface area is 147 Å². The van der Waals surface area contributed by atoms with Crippen molar-refractivity contribution >= 4 is 34.5 Å². The molecule has 1 aliphatic carbocycles. The molecule has 122 valence electrons. The Kier molecular flexibility index (Phi) is 4.08. The van der Waals surface area contributed by atoms with Crippen LogP contribution < -0.4 is 5.32 Å². The number of anilines is 1. The van der Waals surface area contributed by atoms with Crippen molar-refractivity contribution in [2.24, 2.45) is 0 Å². The molecular formula is C17H14ClN3O2S. The number of carbonyl (C=O) groups excluding carboxylic acids is 1. The first kappa shape index (κ1) is 15.4. The zero-order valence-corrected chi connectivity index (χ0v) is 14.2. The van der Waals surface area contributed by atoms with E-state index in [1.165, 1.54) is 11.3 Å². The molecule has 3 aromatic rings. The van der Waals surface area contributed by atoms with Crippen molar-refractivity contribution in [3.63, 3.8) is 0 Å². The van der Waals surface area contributed by atoms with Crippen LogP contribution in [0.3, 0.4) is 0 Å². The molecular weight excluding hydrogens is 346 g/mol. The van der Waals surface area contributed by atoms with Gasteiger partial charge in [-0.1, -0.05) is 35.0 Å². The molecule has 0 unspecified atom stereocenters. The number of carbonyl (C=O) groups is 1. The highest BCUT2D eigenvalue weighted by Crippen LogP contribution is 2.38. The summed E-state index contributed by atoms with van der Waals surface area (Å²) in [4.78, 5) is 17.3. The Hall–Kier alpha value is -2.18. The number of rotatable bonds is 5. The lowest BCUT2D eigenvalue weighted by molar-refractivity contribution is 0.103. The predicted octanol–water partition coefficient (Wildman–Crippen LogP) is 4.51. The van der Waals surface area contributed by atoms with E-state index in [0.29, 0.717) is 27.4 Å². The number of nitrogens with one attached hydrogen (secondary N) is 1. The van der Waals surface area contributed by atoms with E-state index in [2.05, 4.69) is 15.5 Å². The van der Waals surface area contributed by atoms with Gasteiger partial charge < -0.3 is 9.84 Å². The molecule has 0 bridgehead atoms. The smallest absolute Gasteiger partial charge is 0.265 e. The molecule has 0 atom stereocenters. The first-order chi connectivity index (χ1) is 11.7. The number of hydrogen-bond donors (Lipinski definition) is 1. The minimum atomic E-state index is -0.177. The monoisotopic (exact) mass is 359 g/mol. The predicted molar refractivity (Wildman–Crippen MR) is 92.8 cm³/mol. The van der Waals surface area contributed by atoms with E-state index in [9.17, 15) is 4.79 Å². The third-order valence-corrected chi connectivity index (χ3v) is 5.06. The number of benzene rings is 1. The maximum absolute atomic E-state index is 12.3. The van der Waals surface area contributed by atoms with Crippen LogP contribution in [0, 0.1) is 0 Å². The van der Waals surface area contributed by atoms with Crippen molar-refractivity contribution in [2.75, 3.05) is 5.32 Å². The Bertz CT molecular complexity index is 885. The molecule has 0 saturated heterocycles. The standard InChI is InChI=1S/C17H14ClN3O2S/c18-14-8-7-13(24-14)17(22)19-12-4-2-1-3-11(12)9-15-20-16(21-23-15)10-5-6-10/h1-4,7-8,10H,5-6,9H2,(H,19,22). The van der Waals surface area contributed by atoms with Crippen LogP contribution in [0.15, 0.2) is 40.9 Å². The van der Waals surface area contributed by atoms with Gasteiger partial charge in [0.1, 0.15) is 0 Å². The van der Waals surface area contributed by atoms with Crippen LogP contribution in [-0.4, -0.2) is 16.0 Å². The molecule has 0 spiro atoms. The summed E-state index contributed by atoms with van der Waals surface area (Å²) in [5.74, 6) is 1.64. The molecule has 1 fully saturated rings. The molecule has 0 aliphatic heterocycles. The van der Waals surface area contributed by atoms with Gasteiger partial charge in [0.05, 0.1) is 15.6 Å². The van der Waals surface area contributed by atoms with E-state index in [1.807, 2.05) is 24.3 Å². The molecule has 1 amide bonds. The molecule has 1 saturated carbocycles. The van der Waals surface area contributed by atoms with Crippen LogP contribution in [0.1, 0.15) is 45.7 Å². The maximum Gasteiger partial charge on any atom is 0.265 e. The van der Waals surface area contributed by atoms with Crippen LogP contribution in [0.5, 0.6) is 0 Å². The van der Waals surface area contributed by atoms with Crippen molar-refractivity contribution in [2.45, 2.75) is 25.2 Å². The summed E-state index contributed by atoms with van der Waals surface area (Å²) < 4.78 is 5.92. The highest BCUT2D eigenvalue weighted by molar-refractivity contribution is 7.18. The first-order valence-corrected chi connectivity index (χ1v) is 8.85. The quantitative estimate of drug-likeness (QED) is 0.728. The molecule has 24 heavy (non-hydrogen) atoms. The average molecular weight is 360 g/mol. The molecule has 2 aromatic heterocycles. The number of aromatic nitrogens is 2. The van der Waals surface area contributed by atoms with Crippen molar-refractivity contribution < 1.29 is 9.32 Å². The Morgan fingerprint density at radius 2 is 2.12 bits per heavy atom. The number of hydrogen-bond acceptors (Lipinski definition) is 5. The molecule has 2 heterocycles. The minimum Gasteiger partial charge on any atom is -0.339 e. The van der Waals surface area contributed by atoms with Crippen LogP contribution >= 0.6 is 22.9 Å². The van der Waals surface area contributed by atoms with Gasteiger partial charge in [-0.3, -0.25) is 4.79 Å². The number of para-hydroxylation sites is 1. The topological polar surface area (TPSA) is 68.0 Å². The van der Waals surface area contributed by atoms with Gasteiger partial charge in [0, 0.05) is 11.6 Å². The highest BCUT2D eigenvalue weighted by atomic mass is 35.5. The third kappa shape index (κ3) is 3.34. The lowest BCUT2D eigenvalue weighted by Gasteiger charge is -2.08.